The number of halogens is 1. The lowest BCUT2D eigenvalue weighted by Crippen LogP contribution is -2.19. The van der Waals surface area contributed by atoms with E-state index in [1.54, 1.807) is 19.2 Å². The first-order valence-electron chi connectivity index (χ1n) is 9.25. The molecule has 9 nitrogen and oxygen atoms in total. The largest absolute Gasteiger partial charge is 0.454 e. The van der Waals surface area contributed by atoms with Crippen LogP contribution in [0.1, 0.15) is 40.3 Å². The van der Waals surface area contributed by atoms with E-state index in [4.69, 9.17) is 16.3 Å². The zero-order chi connectivity index (χ0) is 22.8. The fourth-order valence-electron chi connectivity index (χ4n) is 3.13. The average molecular weight is 483 g/mol. The SMILES string of the molecule is Cc1csc([C@@H](C#N)C(=O)COC(=O)/C=C/c2c(C)nn([C@@H]3CCS(=O)(=O)C3)c2Cl)n1. The van der Waals surface area contributed by atoms with Crippen molar-refractivity contribution in [1.29, 1.82) is 5.26 Å². The van der Waals surface area contributed by atoms with Gasteiger partial charge in [0.25, 0.3) is 0 Å². The molecule has 1 aliphatic heterocycles. The molecule has 0 bridgehead atoms. The van der Waals surface area contributed by atoms with E-state index in [1.807, 2.05) is 6.07 Å². The molecule has 1 saturated heterocycles. The van der Waals surface area contributed by atoms with Crippen molar-refractivity contribution in [3.8, 4) is 6.07 Å². The van der Waals surface area contributed by atoms with E-state index >= 15 is 0 Å². The fraction of sp³-hybridized carbons (Fsp3) is 0.421. The van der Waals surface area contributed by atoms with Crippen LogP contribution in [0.4, 0.5) is 0 Å². The van der Waals surface area contributed by atoms with E-state index in [0.717, 1.165) is 6.08 Å². The zero-order valence-electron chi connectivity index (χ0n) is 16.7. The van der Waals surface area contributed by atoms with Crippen LogP contribution >= 0.6 is 22.9 Å². The van der Waals surface area contributed by atoms with Gasteiger partial charge in [0.2, 0.25) is 0 Å². The topological polar surface area (TPSA) is 132 Å². The molecule has 31 heavy (non-hydrogen) atoms. The molecule has 0 N–H and O–H groups in total. The number of nitriles is 1. The van der Waals surface area contributed by atoms with Crippen molar-refractivity contribution in [1.82, 2.24) is 14.8 Å². The van der Waals surface area contributed by atoms with E-state index in [-0.39, 0.29) is 22.7 Å². The highest BCUT2D eigenvalue weighted by molar-refractivity contribution is 7.91. The van der Waals surface area contributed by atoms with E-state index < -0.39 is 34.1 Å². The molecule has 1 aliphatic rings. The Hall–Kier alpha value is -2.55. The van der Waals surface area contributed by atoms with Crippen molar-refractivity contribution >= 4 is 50.6 Å². The zero-order valence-corrected chi connectivity index (χ0v) is 19.1. The van der Waals surface area contributed by atoms with Crippen LogP contribution in [0.25, 0.3) is 6.08 Å². The number of hydrogen-bond acceptors (Lipinski definition) is 9. The van der Waals surface area contributed by atoms with Crippen LogP contribution in [-0.4, -0.2) is 53.0 Å². The number of Topliss-reactive ketones (excluding diaryl/α,β-unsaturated/α-hetero) is 1. The minimum Gasteiger partial charge on any atom is -0.454 e. The lowest BCUT2D eigenvalue weighted by Gasteiger charge is -2.09. The van der Waals surface area contributed by atoms with Gasteiger partial charge in [0.15, 0.2) is 28.1 Å². The highest BCUT2D eigenvalue weighted by atomic mass is 35.5. The van der Waals surface area contributed by atoms with E-state index in [9.17, 15) is 23.3 Å². The van der Waals surface area contributed by atoms with E-state index in [2.05, 4.69) is 10.1 Å². The summed E-state index contributed by atoms with van der Waals surface area (Å²) >= 11 is 7.55. The molecule has 3 rings (SSSR count). The number of nitrogens with zero attached hydrogens (tertiary/aromatic N) is 4. The van der Waals surface area contributed by atoms with Gasteiger partial charge in [-0.05, 0) is 26.3 Å². The predicted octanol–water partition coefficient (Wildman–Crippen LogP) is 2.40. The number of carbonyl (C=O) groups excluding carboxylic acids is 2. The van der Waals surface area contributed by atoms with Crippen molar-refractivity contribution in [2.24, 2.45) is 0 Å². The summed E-state index contributed by atoms with van der Waals surface area (Å²) in [4.78, 5) is 28.4. The van der Waals surface area contributed by atoms with Crippen LogP contribution < -0.4 is 0 Å². The third-order valence-electron chi connectivity index (χ3n) is 4.70. The van der Waals surface area contributed by atoms with Gasteiger partial charge in [-0.1, -0.05) is 11.6 Å². The van der Waals surface area contributed by atoms with Crippen molar-refractivity contribution < 1.29 is 22.7 Å². The molecule has 0 amide bonds. The van der Waals surface area contributed by atoms with Crippen molar-refractivity contribution in [3.05, 3.63) is 38.6 Å². The Morgan fingerprint density at radius 3 is 2.81 bits per heavy atom. The Balaban J connectivity index is 1.63. The molecule has 0 spiro atoms. The lowest BCUT2D eigenvalue weighted by molar-refractivity contribution is -0.143. The Morgan fingerprint density at radius 1 is 1.48 bits per heavy atom. The first-order valence-corrected chi connectivity index (χ1v) is 12.3. The summed E-state index contributed by atoms with van der Waals surface area (Å²) < 4.78 is 29.8. The molecular formula is C19H19ClN4O5S2. The van der Waals surface area contributed by atoms with Crippen LogP contribution in [0.3, 0.4) is 0 Å². The first kappa shape index (κ1) is 23.1. The highest BCUT2D eigenvalue weighted by Gasteiger charge is 2.32. The standard InChI is InChI=1S/C19H19ClN4O5S2/c1-11-9-30-19(22-11)15(7-21)16(25)8-29-17(26)4-3-14-12(2)23-24(18(14)20)13-5-6-31(27,28)10-13/h3-4,9,13,15H,5-6,8,10H2,1-2H3/b4-3+/t13-,15+/m1/s1. The molecular weight excluding hydrogens is 464 g/mol. The van der Waals surface area contributed by atoms with Crippen LogP contribution in [0.15, 0.2) is 11.5 Å². The molecule has 2 aromatic rings. The van der Waals surface area contributed by atoms with Gasteiger partial charge in [0.1, 0.15) is 10.2 Å². The summed E-state index contributed by atoms with van der Waals surface area (Å²) in [5.74, 6) is -2.38. The second-order valence-corrected chi connectivity index (χ2v) is 10.6. The molecule has 0 radical (unpaired) electrons. The number of sulfone groups is 1. The normalized spacial score (nSPS) is 18.7. The maximum absolute atomic E-state index is 12.2. The molecule has 0 aliphatic carbocycles. The van der Waals surface area contributed by atoms with Crippen LogP contribution in [-0.2, 0) is 24.2 Å². The minimum atomic E-state index is -3.10. The number of esters is 1. The molecule has 2 atom stereocenters. The maximum Gasteiger partial charge on any atom is 0.331 e. The molecule has 2 aromatic heterocycles. The third-order valence-corrected chi connectivity index (χ3v) is 7.86. The molecule has 12 heteroatoms. The Kier molecular flexibility index (Phi) is 6.93. The number of thiazole rings is 1. The second-order valence-electron chi connectivity index (χ2n) is 7.09. The summed E-state index contributed by atoms with van der Waals surface area (Å²) in [7, 11) is -3.10. The van der Waals surface area contributed by atoms with Crippen LogP contribution in [0, 0.1) is 25.2 Å². The third kappa shape index (κ3) is 5.39. The summed E-state index contributed by atoms with van der Waals surface area (Å²) in [6, 6.07) is 1.53. The van der Waals surface area contributed by atoms with E-state index in [0.29, 0.717) is 28.4 Å². The fourth-order valence-corrected chi connectivity index (χ4v) is 6.05. The van der Waals surface area contributed by atoms with Gasteiger partial charge in [0.05, 0.1) is 29.3 Å². The lowest BCUT2D eigenvalue weighted by atomic mass is 10.1. The Morgan fingerprint density at radius 2 is 2.23 bits per heavy atom. The van der Waals surface area contributed by atoms with Crippen molar-refractivity contribution in [2.75, 3.05) is 18.1 Å². The van der Waals surface area contributed by atoms with Gasteiger partial charge in [-0.25, -0.2) is 22.9 Å². The number of hydrogen-bond donors (Lipinski definition) is 0. The van der Waals surface area contributed by atoms with Gasteiger partial charge >= 0.3 is 5.97 Å². The monoisotopic (exact) mass is 482 g/mol. The van der Waals surface area contributed by atoms with Crippen molar-refractivity contribution in [2.45, 2.75) is 32.2 Å². The number of aromatic nitrogens is 3. The van der Waals surface area contributed by atoms with Gasteiger partial charge in [0, 0.05) is 22.7 Å². The highest BCUT2D eigenvalue weighted by Crippen LogP contribution is 2.30. The van der Waals surface area contributed by atoms with Gasteiger partial charge in [-0.2, -0.15) is 10.4 Å². The first-order chi connectivity index (χ1) is 14.6. The van der Waals surface area contributed by atoms with Gasteiger partial charge in [-0.3, -0.25) is 4.79 Å². The van der Waals surface area contributed by atoms with Gasteiger partial charge < -0.3 is 4.74 Å². The molecule has 164 valence electrons. The predicted molar refractivity (Wildman–Crippen MR) is 114 cm³/mol. The molecule has 0 aromatic carbocycles. The van der Waals surface area contributed by atoms with Crippen LogP contribution in [0.2, 0.25) is 5.15 Å². The Bertz CT molecular complexity index is 1190. The van der Waals surface area contributed by atoms with Crippen LogP contribution in [0.5, 0.6) is 0 Å². The minimum absolute atomic E-state index is 0.0279. The summed E-state index contributed by atoms with van der Waals surface area (Å²) in [6.45, 7) is 2.88. The molecule has 0 saturated carbocycles. The summed E-state index contributed by atoms with van der Waals surface area (Å²) in [5, 5.41) is 15.9. The quantitative estimate of drug-likeness (QED) is 0.434. The Labute approximate surface area is 188 Å². The smallest absolute Gasteiger partial charge is 0.331 e. The number of carbonyl (C=O) groups is 2. The van der Waals surface area contributed by atoms with E-state index in [1.165, 1.54) is 22.1 Å². The molecule has 0 unspecified atom stereocenters. The summed E-state index contributed by atoms with van der Waals surface area (Å²) in [6.07, 6.45) is 2.94. The second kappa shape index (κ2) is 9.30. The number of ether oxygens (including phenoxy) is 1. The average Bonchev–Trinajstić information content (AvgIpc) is 3.37. The number of ketones is 1. The number of rotatable bonds is 7. The maximum atomic E-state index is 12.2. The van der Waals surface area contributed by atoms with Gasteiger partial charge in [-0.15, -0.1) is 11.3 Å². The number of aryl methyl sites for hydroxylation is 2. The molecule has 3 heterocycles. The summed E-state index contributed by atoms with van der Waals surface area (Å²) in [5.41, 5.74) is 1.69. The molecule has 1 fully saturated rings. The van der Waals surface area contributed by atoms with Crippen molar-refractivity contribution in [3.63, 3.8) is 0 Å².